The van der Waals surface area contributed by atoms with E-state index >= 15 is 0 Å². The fourth-order valence-corrected chi connectivity index (χ4v) is 2.79. The average molecular weight is 296 g/mol. The van der Waals surface area contributed by atoms with Gasteiger partial charge in [0.1, 0.15) is 0 Å². The van der Waals surface area contributed by atoms with Crippen LogP contribution in [0.25, 0.3) is 5.78 Å². The van der Waals surface area contributed by atoms with Gasteiger partial charge in [0.15, 0.2) is 0 Å². The van der Waals surface area contributed by atoms with Gasteiger partial charge in [-0.2, -0.15) is 0 Å². The molecule has 1 aliphatic rings. The molecule has 1 atom stereocenters. The molecule has 110 valence electrons. The molecule has 3 heterocycles. The minimum absolute atomic E-state index is 0. The molecule has 20 heavy (non-hydrogen) atoms. The van der Waals surface area contributed by atoms with E-state index in [-0.39, 0.29) is 12.4 Å². The number of nitrogens with zero attached hydrogens (tertiary/aromatic N) is 4. The molecular weight excluding hydrogens is 274 g/mol. The molecule has 5 nitrogen and oxygen atoms in total. The summed E-state index contributed by atoms with van der Waals surface area (Å²) in [6.07, 6.45) is 8.30. The summed E-state index contributed by atoms with van der Waals surface area (Å²) in [7, 11) is 0. The molecule has 0 saturated carbocycles. The van der Waals surface area contributed by atoms with Crippen molar-refractivity contribution in [2.24, 2.45) is 0 Å². The lowest BCUT2D eigenvalue weighted by molar-refractivity contribution is 0.197. The van der Waals surface area contributed by atoms with Gasteiger partial charge in [-0.1, -0.05) is 6.92 Å². The van der Waals surface area contributed by atoms with Gasteiger partial charge in [-0.3, -0.25) is 9.30 Å². The van der Waals surface area contributed by atoms with Crippen LogP contribution in [0, 0.1) is 0 Å². The van der Waals surface area contributed by atoms with Gasteiger partial charge in [0, 0.05) is 37.7 Å². The quantitative estimate of drug-likeness (QED) is 0.912. The Bertz CT molecular complexity index is 502. The van der Waals surface area contributed by atoms with Crippen LogP contribution in [0.2, 0.25) is 0 Å². The van der Waals surface area contributed by atoms with E-state index in [1.165, 1.54) is 12.8 Å². The molecule has 0 spiro atoms. The largest absolute Gasteiger partial charge is 0.315 e. The Labute approximate surface area is 125 Å². The summed E-state index contributed by atoms with van der Waals surface area (Å²) in [4.78, 5) is 11.4. The molecule has 0 amide bonds. The molecule has 1 aliphatic heterocycles. The maximum Gasteiger partial charge on any atom is 0.233 e. The number of nitrogens with one attached hydrogen (secondary N) is 1. The fourth-order valence-electron chi connectivity index (χ4n) is 2.79. The normalized spacial score (nSPS) is 18.6. The first kappa shape index (κ1) is 15.2. The van der Waals surface area contributed by atoms with Gasteiger partial charge in [0.25, 0.3) is 0 Å². The molecule has 1 fully saturated rings. The Kier molecular flexibility index (Phi) is 5.34. The Hall–Kier alpha value is -1.17. The lowest BCUT2D eigenvalue weighted by atomic mass is 10.2. The second-order valence-corrected chi connectivity index (χ2v) is 5.18. The van der Waals surface area contributed by atoms with E-state index in [0.29, 0.717) is 6.04 Å². The van der Waals surface area contributed by atoms with E-state index in [1.54, 1.807) is 6.20 Å². The summed E-state index contributed by atoms with van der Waals surface area (Å²) in [6.45, 7) is 6.53. The van der Waals surface area contributed by atoms with E-state index in [9.17, 15) is 0 Å². The summed E-state index contributed by atoms with van der Waals surface area (Å²) >= 11 is 0. The standard InChI is InChI=1S/C14H21N5.ClH/c1-2-7-18(13-4-6-15-9-13)10-12-11-19-8-3-5-16-14(19)17-12;/h3,5,8,11,13,15H,2,4,6-7,9-10H2,1H3;1H. The third-order valence-electron chi connectivity index (χ3n) is 3.71. The highest BCUT2D eigenvalue weighted by atomic mass is 35.5. The van der Waals surface area contributed by atoms with Crippen molar-refractivity contribution >= 4 is 18.2 Å². The van der Waals surface area contributed by atoms with E-state index in [1.807, 2.05) is 16.7 Å². The van der Waals surface area contributed by atoms with Gasteiger partial charge in [-0.25, -0.2) is 9.97 Å². The van der Waals surface area contributed by atoms with Crippen molar-refractivity contribution in [3.63, 3.8) is 0 Å². The van der Waals surface area contributed by atoms with Crippen LogP contribution < -0.4 is 5.32 Å². The van der Waals surface area contributed by atoms with Gasteiger partial charge in [0.05, 0.1) is 5.69 Å². The molecule has 1 saturated heterocycles. The average Bonchev–Trinajstić information content (AvgIpc) is 3.07. The predicted octanol–water partition coefficient (Wildman–Crippen LogP) is 1.72. The topological polar surface area (TPSA) is 45.5 Å². The van der Waals surface area contributed by atoms with E-state index < -0.39 is 0 Å². The summed E-state index contributed by atoms with van der Waals surface area (Å²) in [5, 5.41) is 3.44. The van der Waals surface area contributed by atoms with E-state index in [2.05, 4.69) is 33.3 Å². The second-order valence-electron chi connectivity index (χ2n) is 5.18. The van der Waals surface area contributed by atoms with Crippen LogP contribution in [0.1, 0.15) is 25.5 Å². The second kappa shape index (κ2) is 7.02. The first-order valence-electron chi connectivity index (χ1n) is 7.10. The smallest absolute Gasteiger partial charge is 0.233 e. The minimum atomic E-state index is 0. The summed E-state index contributed by atoms with van der Waals surface area (Å²) in [6, 6.07) is 2.58. The number of hydrogen-bond acceptors (Lipinski definition) is 4. The highest BCUT2D eigenvalue weighted by molar-refractivity contribution is 5.85. The molecule has 0 aromatic carbocycles. The van der Waals surface area contributed by atoms with Gasteiger partial charge >= 0.3 is 0 Å². The molecule has 2 aromatic heterocycles. The van der Waals surface area contributed by atoms with Crippen LogP contribution in [-0.2, 0) is 6.54 Å². The van der Waals surface area contributed by atoms with Crippen molar-refractivity contribution < 1.29 is 0 Å². The van der Waals surface area contributed by atoms with Crippen LogP contribution in [0.3, 0.4) is 0 Å². The molecule has 0 radical (unpaired) electrons. The van der Waals surface area contributed by atoms with Gasteiger partial charge in [-0.15, -0.1) is 12.4 Å². The number of imidazole rings is 1. The van der Waals surface area contributed by atoms with Crippen LogP contribution in [-0.4, -0.2) is 44.9 Å². The van der Waals surface area contributed by atoms with Crippen LogP contribution in [0.15, 0.2) is 24.7 Å². The van der Waals surface area contributed by atoms with Gasteiger partial charge in [-0.05, 0) is 32.0 Å². The van der Waals surface area contributed by atoms with E-state index in [4.69, 9.17) is 0 Å². The minimum Gasteiger partial charge on any atom is -0.315 e. The van der Waals surface area contributed by atoms with E-state index in [0.717, 1.165) is 37.7 Å². The first-order valence-corrected chi connectivity index (χ1v) is 7.10. The van der Waals surface area contributed by atoms with Crippen LogP contribution in [0.4, 0.5) is 0 Å². The molecule has 2 aromatic rings. The number of aromatic nitrogens is 3. The van der Waals surface area contributed by atoms with Gasteiger partial charge in [0.2, 0.25) is 5.78 Å². The number of fused-ring (bicyclic) bond motifs is 1. The molecule has 0 aliphatic carbocycles. The molecule has 1 N–H and O–H groups in total. The van der Waals surface area contributed by atoms with Gasteiger partial charge < -0.3 is 5.32 Å². The predicted molar refractivity (Wildman–Crippen MR) is 82.2 cm³/mol. The maximum atomic E-state index is 4.60. The lowest BCUT2D eigenvalue weighted by Gasteiger charge is -2.26. The molecule has 6 heteroatoms. The Morgan fingerprint density at radius 1 is 1.50 bits per heavy atom. The number of rotatable bonds is 5. The first-order chi connectivity index (χ1) is 9.36. The lowest BCUT2D eigenvalue weighted by Crippen LogP contribution is -2.37. The third kappa shape index (κ3) is 3.29. The number of halogens is 1. The van der Waals surface area contributed by atoms with Crippen molar-refractivity contribution in [3.05, 3.63) is 30.4 Å². The molecule has 1 unspecified atom stereocenters. The SMILES string of the molecule is CCCN(Cc1cn2cccnc2n1)C1CCNC1.Cl. The summed E-state index contributed by atoms with van der Waals surface area (Å²) in [5.74, 6) is 0.790. The van der Waals surface area contributed by atoms with Crippen molar-refractivity contribution in [2.75, 3.05) is 19.6 Å². The highest BCUT2D eigenvalue weighted by Crippen LogP contribution is 2.13. The fraction of sp³-hybridized carbons (Fsp3) is 0.571. The molecule has 3 rings (SSSR count). The Balaban J connectivity index is 0.00000147. The third-order valence-corrected chi connectivity index (χ3v) is 3.71. The Morgan fingerprint density at radius 3 is 3.10 bits per heavy atom. The van der Waals surface area contributed by atoms with Crippen molar-refractivity contribution in [1.82, 2.24) is 24.6 Å². The number of hydrogen-bond donors (Lipinski definition) is 1. The van der Waals surface area contributed by atoms with Crippen LogP contribution >= 0.6 is 12.4 Å². The maximum absolute atomic E-state index is 4.60. The van der Waals surface area contributed by atoms with Crippen molar-refractivity contribution in [2.45, 2.75) is 32.4 Å². The molecule has 0 bridgehead atoms. The van der Waals surface area contributed by atoms with Crippen molar-refractivity contribution in [1.29, 1.82) is 0 Å². The van der Waals surface area contributed by atoms with Crippen molar-refractivity contribution in [3.8, 4) is 0 Å². The zero-order chi connectivity index (χ0) is 13.1. The highest BCUT2D eigenvalue weighted by Gasteiger charge is 2.22. The summed E-state index contributed by atoms with van der Waals surface area (Å²) in [5.41, 5.74) is 1.11. The zero-order valence-electron chi connectivity index (χ0n) is 11.8. The summed E-state index contributed by atoms with van der Waals surface area (Å²) < 4.78 is 1.99. The Morgan fingerprint density at radius 2 is 2.40 bits per heavy atom. The zero-order valence-corrected chi connectivity index (χ0v) is 12.6. The molecular formula is C14H22ClN5. The monoisotopic (exact) mass is 295 g/mol. The van der Waals surface area contributed by atoms with Crippen LogP contribution in [0.5, 0.6) is 0 Å².